The van der Waals surface area contributed by atoms with Crippen molar-refractivity contribution in [1.29, 1.82) is 5.26 Å². The predicted molar refractivity (Wildman–Crippen MR) is 47.4 cm³/mol. The molecule has 1 rings (SSSR count). The quantitative estimate of drug-likeness (QED) is 0.640. The van der Waals surface area contributed by atoms with Gasteiger partial charge < -0.3 is 5.11 Å². The molecular weight excluding hydrogens is 150 g/mol. The molecule has 1 fully saturated rings. The van der Waals surface area contributed by atoms with Crippen molar-refractivity contribution < 1.29 is 5.11 Å². The number of aliphatic hydroxyl groups is 1. The van der Waals surface area contributed by atoms with E-state index in [2.05, 4.69) is 6.92 Å². The first-order chi connectivity index (χ1) is 5.77. The molecule has 0 bridgehead atoms. The molecule has 3 unspecified atom stereocenters. The Labute approximate surface area is 74.2 Å². The highest BCUT2D eigenvalue weighted by atomic mass is 16.3. The van der Waals surface area contributed by atoms with E-state index in [0.717, 1.165) is 18.8 Å². The fourth-order valence-electron chi connectivity index (χ4n) is 2.10. The molecule has 12 heavy (non-hydrogen) atoms. The van der Waals surface area contributed by atoms with Crippen LogP contribution >= 0.6 is 0 Å². The van der Waals surface area contributed by atoms with Gasteiger partial charge >= 0.3 is 0 Å². The van der Waals surface area contributed by atoms with Gasteiger partial charge in [0.1, 0.15) is 6.10 Å². The Hall–Kier alpha value is -0.550. The fourth-order valence-corrected chi connectivity index (χ4v) is 2.10. The standard InChI is InChI=1S/C10H17NO/c1-2-8-4-3-5-9(6-8)10(12)7-11/h8-10,12H,2-6H2,1H3. The number of hydrogen-bond acceptors (Lipinski definition) is 2. The molecule has 0 heterocycles. The molecule has 1 N–H and O–H groups in total. The van der Waals surface area contributed by atoms with Crippen molar-refractivity contribution in [2.45, 2.75) is 45.1 Å². The Morgan fingerprint density at radius 1 is 1.58 bits per heavy atom. The normalized spacial score (nSPS) is 32.4. The minimum atomic E-state index is -0.723. The van der Waals surface area contributed by atoms with Gasteiger partial charge in [0.25, 0.3) is 0 Å². The molecule has 2 heteroatoms. The number of nitriles is 1. The Bertz CT molecular complexity index is 173. The van der Waals surface area contributed by atoms with Gasteiger partial charge in [-0.1, -0.05) is 26.2 Å². The highest BCUT2D eigenvalue weighted by Crippen LogP contribution is 2.32. The highest BCUT2D eigenvalue weighted by molar-refractivity contribution is 4.90. The number of hydrogen-bond donors (Lipinski definition) is 1. The van der Waals surface area contributed by atoms with Crippen LogP contribution in [0.5, 0.6) is 0 Å². The van der Waals surface area contributed by atoms with Crippen molar-refractivity contribution in [3.05, 3.63) is 0 Å². The summed E-state index contributed by atoms with van der Waals surface area (Å²) >= 11 is 0. The van der Waals surface area contributed by atoms with Crippen LogP contribution in [0.15, 0.2) is 0 Å². The van der Waals surface area contributed by atoms with Crippen molar-refractivity contribution in [3.8, 4) is 6.07 Å². The third-order valence-corrected chi connectivity index (χ3v) is 2.98. The molecule has 0 aromatic rings. The van der Waals surface area contributed by atoms with Crippen LogP contribution in [0.2, 0.25) is 0 Å². The monoisotopic (exact) mass is 167 g/mol. The second kappa shape index (κ2) is 4.47. The SMILES string of the molecule is CCC1CCCC(C(O)C#N)C1. The van der Waals surface area contributed by atoms with Gasteiger partial charge in [-0.05, 0) is 24.7 Å². The second-order valence-corrected chi connectivity index (χ2v) is 3.77. The largest absolute Gasteiger partial charge is 0.378 e. The molecule has 1 aliphatic rings. The van der Waals surface area contributed by atoms with Gasteiger partial charge in [0.2, 0.25) is 0 Å². The van der Waals surface area contributed by atoms with E-state index in [0.29, 0.717) is 0 Å². The molecule has 0 saturated heterocycles. The molecule has 0 aromatic heterocycles. The summed E-state index contributed by atoms with van der Waals surface area (Å²) in [4.78, 5) is 0. The molecule has 1 aliphatic carbocycles. The average Bonchev–Trinajstić information content (AvgIpc) is 2.17. The van der Waals surface area contributed by atoms with Gasteiger partial charge in [-0.2, -0.15) is 5.26 Å². The summed E-state index contributed by atoms with van der Waals surface area (Å²) in [7, 11) is 0. The fraction of sp³-hybridized carbons (Fsp3) is 0.900. The Morgan fingerprint density at radius 3 is 2.92 bits per heavy atom. The summed E-state index contributed by atoms with van der Waals surface area (Å²) in [5, 5.41) is 17.9. The maximum atomic E-state index is 9.33. The molecule has 0 amide bonds. The van der Waals surface area contributed by atoms with Crippen molar-refractivity contribution in [2.24, 2.45) is 11.8 Å². The molecule has 3 atom stereocenters. The van der Waals surface area contributed by atoms with Gasteiger partial charge in [-0.3, -0.25) is 0 Å². The zero-order chi connectivity index (χ0) is 8.97. The van der Waals surface area contributed by atoms with Crippen LogP contribution in [-0.4, -0.2) is 11.2 Å². The van der Waals surface area contributed by atoms with E-state index in [9.17, 15) is 5.11 Å². The van der Waals surface area contributed by atoms with Gasteiger partial charge in [0.15, 0.2) is 0 Å². The van der Waals surface area contributed by atoms with Crippen LogP contribution in [0.3, 0.4) is 0 Å². The number of aliphatic hydroxyl groups excluding tert-OH is 1. The van der Waals surface area contributed by atoms with E-state index in [1.54, 1.807) is 0 Å². The predicted octanol–water partition coefficient (Wildman–Crippen LogP) is 2.09. The van der Waals surface area contributed by atoms with E-state index in [-0.39, 0.29) is 5.92 Å². The maximum Gasteiger partial charge on any atom is 0.143 e. The maximum absolute atomic E-state index is 9.33. The lowest BCUT2D eigenvalue weighted by Gasteiger charge is -2.28. The van der Waals surface area contributed by atoms with Crippen molar-refractivity contribution in [1.82, 2.24) is 0 Å². The lowest BCUT2D eigenvalue weighted by molar-refractivity contribution is 0.109. The van der Waals surface area contributed by atoms with E-state index in [1.165, 1.54) is 19.3 Å². The van der Waals surface area contributed by atoms with Gasteiger partial charge in [0, 0.05) is 0 Å². The lowest BCUT2D eigenvalue weighted by Crippen LogP contribution is -2.25. The zero-order valence-electron chi connectivity index (χ0n) is 7.66. The summed E-state index contributed by atoms with van der Waals surface area (Å²) in [6, 6.07) is 1.93. The topological polar surface area (TPSA) is 44.0 Å². The van der Waals surface area contributed by atoms with Gasteiger partial charge in [-0.25, -0.2) is 0 Å². The molecular formula is C10H17NO. The Morgan fingerprint density at radius 2 is 2.33 bits per heavy atom. The van der Waals surface area contributed by atoms with Crippen LogP contribution in [0, 0.1) is 23.2 Å². The Kier molecular flexibility index (Phi) is 3.55. The van der Waals surface area contributed by atoms with Crippen molar-refractivity contribution in [2.75, 3.05) is 0 Å². The molecule has 0 aromatic carbocycles. The Balaban J connectivity index is 2.41. The highest BCUT2D eigenvalue weighted by Gasteiger charge is 2.25. The number of rotatable bonds is 2. The summed E-state index contributed by atoms with van der Waals surface area (Å²) < 4.78 is 0. The van der Waals surface area contributed by atoms with E-state index in [4.69, 9.17) is 5.26 Å². The summed E-state index contributed by atoms with van der Waals surface area (Å²) in [6.07, 6.45) is 5.01. The minimum absolute atomic E-state index is 0.244. The van der Waals surface area contributed by atoms with E-state index < -0.39 is 6.10 Å². The van der Waals surface area contributed by atoms with Crippen molar-refractivity contribution in [3.63, 3.8) is 0 Å². The molecule has 68 valence electrons. The molecule has 0 spiro atoms. The first-order valence-electron chi connectivity index (χ1n) is 4.85. The van der Waals surface area contributed by atoms with Crippen LogP contribution in [0.25, 0.3) is 0 Å². The molecule has 0 aliphatic heterocycles. The second-order valence-electron chi connectivity index (χ2n) is 3.77. The third-order valence-electron chi connectivity index (χ3n) is 2.98. The molecule has 1 saturated carbocycles. The smallest absolute Gasteiger partial charge is 0.143 e. The third kappa shape index (κ3) is 2.22. The summed E-state index contributed by atoms with van der Waals surface area (Å²) in [5.41, 5.74) is 0. The average molecular weight is 167 g/mol. The van der Waals surface area contributed by atoms with Crippen LogP contribution < -0.4 is 0 Å². The van der Waals surface area contributed by atoms with Crippen molar-refractivity contribution >= 4 is 0 Å². The van der Waals surface area contributed by atoms with E-state index in [1.807, 2.05) is 6.07 Å². The van der Waals surface area contributed by atoms with Crippen LogP contribution in [-0.2, 0) is 0 Å². The first kappa shape index (κ1) is 9.54. The van der Waals surface area contributed by atoms with Crippen LogP contribution in [0.1, 0.15) is 39.0 Å². The zero-order valence-corrected chi connectivity index (χ0v) is 7.66. The number of nitrogens with zero attached hydrogens (tertiary/aromatic N) is 1. The van der Waals surface area contributed by atoms with E-state index >= 15 is 0 Å². The lowest BCUT2D eigenvalue weighted by atomic mass is 9.78. The summed E-state index contributed by atoms with van der Waals surface area (Å²) in [6.45, 7) is 2.19. The van der Waals surface area contributed by atoms with Gasteiger partial charge in [-0.15, -0.1) is 0 Å². The molecule has 2 nitrogen and oxygen atoms in total. The summed E-state index contributed by atoms with van der Waals surface area (Å²) in [5.74, 6) is 0.987. The van der Waals surface area contributed by atoms with Crippen LogP contribution in [0.4, 0.5) is 0 Å². The first-order valence-corrected chi connectivity index (χ1v) is 4.85. The minimum Gasteiger partial charge on any atom is -0.378 e. The van der Waals surface area contributed by atoms with Gasteiger partial charge in [0.05, 0.1) is 6.07 Å². The molecule has 0 radical (unpaired) electrons.